The van der Waals surface area contributed by atoms with Crippen molar-refractivity contribution in [2.24, 2.45) is 11.8 Å². The van der Waals surface area contributed by atoms with E-state index in [1.54, 1.807) is 23.1 Å². The van der Waals surface area contributed by atoms with Gasteiger partial charge in [-0.1, -0.05) is 55.6 Å². The molecule has 1 aromatic carbocycles. The molecule has 1 N–H and O–H groups in total. The van der Waals surface area contributed by atoms with E-state index in [4.69, 9.17) is 16.1 Å². The number of rotatable bonds is 5. The van der Waals surface area contributed by atoms with E-state index < -0.39 is 6.04 Å². The van der Waals surface area contributed by atoms with Crippen LogP contribution in [0.15, 0.2) is 34.9 Å². The normalized spacial score (nSPS) is 22.5. The van der Waals surface area contributed by atoms with Crippen molar-refractivity contribution in [1.82, 2.24) is 15.4 Å². The average Bonchev–Trinajstić information content (AvgIpc) is 3.41. The largest absolute Gasteiger partial charge is 0.350 e. The lowest BCUT2D eigenvalue weighted by atomic mass is 9.91. The molecule has 4 rings (SSSR count). The van der Waals surface area contributed by atoms with Gasteiger partial charge in [0.2, 0.25) is 11.7 Å². The number of carbonyl (C=O) groups excluding carboxylic acids is 2. The summed E-state index contributed by atoms with van der Waals surface area (Å²) < 4.78 is 5.41. The fourth-order valence-corrected chi connectivity index (χ4v) is 4.74. The lowest BCUT2D eigenvalue weighted by Crippen LogP contribution is -2.63. The summed E-state index contributed by atoms with van der Waals surface area (Å²) in [5, 5.41) is 7.89. The highest BCUT2D eigenvalue weighted by molar-refractivity contribution is 6.30. The van der Waals surface area contributed by atoms with Crippen LogP contribution >= 0.6 is 11.6 Å². The smallest absolute Gasteiger partial charge is 0.293 e. The third kappa shape index (κ3) is 4.38. The van der Waals surface area contributed by atoms with Crippen molar-refractivity contribution in [1.29, 1.82) is 0 Å². The van der Waals surface area contributed by atoms with Crippen molar-refractivity contribution < 1.29 is 14.1 Å². The zero-order valence-corrected chi connectivity index (χ0v) is 18.2. The number of nitrogens with one attached hydrogen (secondary N) is 1. The Hall–Kier alpha value is -2.34. The molecule has 2 fully saturated rings. The van der Waals surface area contributed by atoms with E-state index >= 15 is 0 Å². The monoisotopic (exact) mass is 429 g/mol. The molecular weight excluding hydrogens is 402 g/mol. The number of nitrogens with zero attached hydrogens (tertiary/aromatic N) is 2. The van der Waals surface area contributed by atoms with E-state index in [2.05, 4.69) is 24.3 Å². The first kappa shape index (κ1) is 20.9. The highest BCUT2D eigenvalue weighted by Crippen LogP contribution is 2.31. The maximum atomic E-state index is 13.4. The van der Waals surface area contributed by atoms with Crippen molar-refractivity contribution in [3.8, 4) is 11.3 Å². The number of benzene rings is 1. The number of halogens is 1. The number of piperazine rings is 1. The molecule has 1 aliphatic heterocycles. The van der Waals surface area contributed by atoms with Crippen LogP contribution in [0.4, 0.5) is 0 Å². The van der Waals surface area contributed by atoms with Gasteiger partial charge in [-0.15, -0.1) is 0 Å². The molecule has 1 saturated heterocycles. The second kappa shape index (κ2) is 8.80. The molecule has 7 heteroatoms. The summed E-state index contributed by atoms with van der Waals surface area (Å²) in [5.74, 6) is 0.555. The van der Waals surface area contributed by atoms with Crippen LogP contribution in [0.25, 0.3) is 11.3 Å². The van der Waals surface area contributed by atoms with Crippen molar-refractivity contribution in [2.45, 2.75) is 58.0 Å². The standard InChI is InChI=1S/C23H28ClN3O3/c1-14(2)11-20-22(28)25-19(15-5-3-4-6-15)13-27(20)23(29)21-12-18(26-30-21)16-7-9-17(24)10-8-16/h7-10,12,14-15,19-20H,3-6,11,13H2,1-2H3,(H,25,28). The minimum Gasteiger partial charge on any atom is -0.350 e. The molecule has 2 aliphatic rings. The van der Waals surface area contributed by atoms with Crippen LogP contribution in [0.5, 0.6) is 0 Å². The Kier molecular flexibility index (Phi) is 6.14. The minimum absolute atomic E-state index is 0.00557. The molecule has 2 amide bonds. The zero-order valence-electron chi connectivity index (χ0n) is 17.4. The van der Waals surface area contributed by atoms with Gasteiger partial charge < -0.3 is 14.7 Å². The number of aromatic nitrogens is 1. The van der Waals surface area contributed by atoms with E-state index in [1.807, 2.05) is 12.1 Å². The Morgan fingerprint density at radius 2 is 1.97 bits per heavy atom. The van der Waals surface area contributed by atoms with E-state index in [1.165, 1.54) is 12.8 Å². The summed E-state index contributed by atoms with van der Waals surface area (Å²) in [7, 11) is 0. The predicted molar refractivity (Wildman–Crippen MR) is 115 cm³/mol. The molecule has 160 valence electrons. The zero-order chi connectivity index (χ0) is 21.3. The Morgan fingerprint density at radius 1 is 1.27 bits per heavy atom. The molecule has 0 radical (unpaired) electrons. The fourth-order valence-electron chi connectivity index (χ4n) is 4.61. The van der Waals surface area contributed by atoms with Gasteiger partial charge in [-0.25, -0.2) is 0 Å². The number of hydrogen-bond acceptors (Lipinski definition) is 4. The molecule has 2 aromatic rings. The third-order valence-electron chi connectivity index (χ3n) is 6.19. The van der Waals surface area contributed by atoms with Crippen molar-refractivity contribution in [3.05, 3.63) is 41.1 Å². The third-order valence-corrected chi connectivity index (χ3v) is 6.44. The average molecular weight is 430 g/mol. The molecule has 1 aromatic heterocycles. The van der Waals surface area contributed by atoms with Gasteiger partial charge in [-0.2, -0.15) is 0 Å². The van der Waals surface area contributed by atoms with Crippen molar-refractivity contribution >= 4 is 23.4 Å². The Labute approximate surface area is 181 Å². The fraction of sp³-hybridized carbons (Fsp3) is 0.522. The van der Waals surface area contributed by atoms with Crippen molar-refractivity contribution in [2.75, 3.05) is 6.54 Å². The van der Waals surface area contributed by atoms with Gasteiger partial charge >= 0.3 is 0 Å². The second-order valence-corrected chi connectivity index (χ2v) is 9.28. The van der Waals surface area contributed by atoms with Gasteiger partial charge in [0.25, 0.3) is 5.91 Å². The quantitative estimate of drug-likeness (QED) is 0.757. The van der Waals surface area contributed by atoms with Gasteiger partial charge in [-0.3, -0.25) is 9.59 Å². The van der Waals surface area contributed by atoms with Crippen LogP contribution in [0, 0.1) is 11.8 Å². The van der Waals surface area contributed by atoms with Crippen LogP contribution in [0.3, 0.4) is 0 Å². The maximum Gasteiger partial charge on any atom is 0.293 e. The molecule has 1 aliphatic carbocycles. The van der Waals surface area contributed by atoms with E-state index in [0.29, 0.717) is 35.5 Å². The van der Waals surface area contributed by atoms with E-state index in [9.17, 15) is 9.59 Å². The Balaban J connectivity index is 1.58. The summed E-state index contributed by atoms with van der Waals surface area (Å²) in [4.78, 5) is 28.0. The molecule has 2 unspecified atom stereocenters. The SMILES string of the molecule is CC(C)CC1C(=O)NC(C2CCCC2)CN1C(=O)c1cc(-c2ccc(Cl)cc2)no1. The summed E-state index contributed by atoms with van der Waals surface area (Å²) in [6.45, 7) is 4.64. The lowest BCUT2D eigenvalue weighted by Gasteiger charge is -2.41. The van der Waals surface area contributed by atoms with Gasteiger partial charge in [0, 0.05) is 29.2 Å². The van der Waals surface area contributed by atoms with E-state index in [0.717, 1.165) is 18.4 Å². The Bertz CT molecular complexity index is 903. The first-order chi connectivity index (χ1) is 14.4. The summed E-state index contributed by atoms with van der Waals surface area (Å²) >= 11 is 5.95. The van der Waals surface area contributed by atoms with Gasteiger partial charge in [0.05, 0.1) is 0 Å². The molecule has 2 heterocycles. The van der Waals surface area contributed by atoms with Crippen LogP contribution in [-0.4, -0.2) is 40.5 Å². The number of amides is 2. The summed E-state index contributed by atoms with van der Waals surface area (Å²) in [6, 6.07) is 8.38. The first-order valence-electron chi connectivity index (χ1n) is 10.8. The molecule has 0 bridgehead atoms. The van der Waals surface area contributed by atoms with E-state index in [-0.39, 0.29) is 23.6 Å². The number of hydrogen-bond donors (Lipinski definition) is 1. The van der Waals surface area contributed by atoms with Gasteiger partial charge in [0.1, 0.15) is 11.7 Å². The van der Waals surface area contributed by atoms with Crippen molar-refractivity contribution in [3.63, 3.8) is 0 Å². The minimum atomic E-state index is -0.487. The first-order valence-corrected chi connectivity index (χ1v) is 11.1. The second-order valence-electron chi connectivity index (χ2n) is 8.85. The lowest BCUT2D eigenvalue weighted by molar-refractivity contribution is -0.130. The molecule has 6 nitrogen and oxygen atoms in total. The van der Waals surface area contributed by atoms with Crippen LogP contribution in [-0.2, 0) is 4.79 Å². The van der Waals surface area contributed by atoms with Crippen LogP contribution < -0.4 is 5.32 Å². The Morgan fingerprint density at radius 3 is 2.63 bits per heavy atom. The molecule has 0 spiro atoms. The molecule has 1 saturated carbocycles. The number of carbonyl (C=O) groups is 2. The molecule has 2 atom stereocenters. The highest BCUT2D eigenvalue weighted by Gasteiger charge is 2.41. The summed E-state index contributed by atoms with van der Waals surface area (Å²) in [6.07, 6.45) is 5.20. The summed E-state index contributed by atoms with van der Waals surface area (Å²) in [5.41, 5.74) is 1.39. The van der Waals surface area contributed by atoms with Gasteiger partial charge in [-0.05, 0) is 43.2 Å². The predicted octanol–water partition coefficient (Wildman–Crippen LogP) is 4.54. The van der Waals surface area contributed by atoms with Crippen LogP contribution in [0.2, 0.25) is 5.02 Å². The highest BCUT2D eigenvalue weighted by atomic mass is 35.5. The maximum absolute atomic E-state index is 13.4. The molecule has 30 heavy (non-hydrogen) atoms. The topological polar surface area (TPSA) is 75.4 Å². The molecular formula is C23H28ClN3O3. The van der Waals surface area contributed by atoms with Crippen LogP contribution in [0.1, 0.15) is 56.5 Å². The van der Waals surface area contributed by atoms with Gasteiger partial charge in [0.15, 0.2) is 0 Å².